The molecule has 0 amide bonds. The first-order valence-corrected chi connectivity index (χ1v) is 6.77. The van der Waals surface area contributed by atoms with E-state index in [1.807, 2.05) is 19.2 Å². The lowest BCUT2D eigenvalue weighted by molar-refractivity contribution is -0.143. The van der Waals surface area contributed by atoms with Crippen LogP contribution in [-0.4, -0.2) is 16.1 Å². The van der Waals surface area contributed by atoms with Gasteiger partial charge >= 0.3 is 5.97 Å². The summed E-state index contributed by atoms with van der Waals surface area (Å²) in [4.78, 5) is 15.7. The van der Waals surface area contributed by atoms with Crippen molar-refractivity contribution in [2.45, 2.75) is 46.5 Å². The molecule has 0 aromatic carbocycles. The Bertz CT molecular complexity index is 390. The first-order valence-electron chi connectivity index (χ1n) is 5.89. The molecule has 1 heterocycles. The van der Waals surface area contributed by atoms with Crippen LogP contribution in [0.1, 0.15) is 45.3 Å². The number of nitrogens with zero attached hydrogens (tertiary/aromatic N) is 1. The lowest BCUT2D eigenvalue weighted by atomic mass is 9.92. The first-order chi connectivity index (χ1) is 7.71. The molecular formula is C13H21NO2S. The zero-order valence-electron chi connectivity index (χ0n) is 11.2. The Labute approximate surface area is 107 Å². The molecule has 1 aromatic heterocycles. The molecule has 4 heteroatoms. The third-order valence-corrected chi connectivity index (χ3v) is 3.71. The zero-order valence-corrected chi connectivity index (χ0v) is 12.0. The van der Waals surface area contributed by atoms with E-state index in [1.54, 1.807) is 11.3 Å². The van der Waals surface area contributed by atoms with E-state index in [9.17, 15) is 4.79 Å². The van der Waals surface area contributed by atoms with Crippen molar-refractivity contribution in [2.75, 3.05) is 0 Å². The van der Waals surface area contributed by atoms with Gasteiger partial charge in [-0.25, -0.2) is 4.98 Å². The Kier molecular flexibility index (Phi) is 4.31. The molecule has 0 aliphatic heterocycles. The van der Waals surface area contributed by atoms with Crippen LogP contribution in [0.4, 0.5) is 0 Å². The number of aliphatic carboxylic acids is 1. The normalized spacial score (nSPS) is 14.0. The summed E-state index contributed by atoms with van der Waals surface area (Å²) in [5, 5.41) is 12.1. The van der Waals surface area contributed by atoms with Crippen LogP contribution in [0.15, 0.2) is 5.38 Å². The van der Waals surface area contributed by atoms with Gasteiger partial charge < -0.3 is 5.11 Å². The van der Waals surface area contributed by atoms with Crippen molar-refractivity contribution in [1.82, 2.24) is 4.98 Å². The molecule has 0 bridgehead atoms. The number of carboxylic acids is 1. The summed E-state index contributed by atoms with van der Waals surface area (Å²) in [6.07, 6.45) is 0.535. The van der Waals surface area contributed by atoms with Gasteiger partial charge in [-0.1, -0.05) is 34.6 Å². The Morgan fingerprint density at radius 2 is 2.06 bits per heavy atom. The fraction of sp³-hybridized carbons (Fsp3) is 0.692. The van der Waals surface area contributed by atoms with Gasteiger partial charge in [0, 0.05) is 17.2 Å². The van der Waals surface area contributed by atoms with Crippen LogP contribution in [0.25, 0.3) is 0 Å². The van der Waals surface area contributed by atoms with Crippen molar-refractivity contribution < 1.29 is 9.90 Å². The van der Waals surface area contributed by atoms with Crippen molar-refractivity contribution >= 4 is 17.3 Å². The highest BCUT2D eigenvalue weighted by molar-refractivity contribution is 7.09. The van der Waals surface area contributed by atoms with Crippen LogP contribution in [0, 0.1) is 11.8 Å². The van der Waals surface area contributed by atoms with Gasteiger partial charge in [0.15, 0.2) is 0 Å². The largest absolute Gasteiger partial charge is 0.481 e. The minimum absolute atomic E-state index is 0.0330. The van der Waals surface area contributed by atoms with Crippen LogP contribution in [0.3, 0.4) is 0 Å². The number of hydrogen-bond donors (Lipinski definition) is 1. The highest BCUT2D eigenvalue weighted by atomic mass is 32.1. The second kappa shape index (κ2) is 5.17. The number of carbonyl (C=O) groups is 1. The molecule has 0 spiro atoms. The SMILES string of the molecule is CC(C)C(Cc1nc(C(C)(C)C)cs1)C(=O)O. The summed E-state index contributed by atoms with van der Waals surface area (Å²) in [5.74, 6) is -0.934. The van der Waals surface area contributed by atoms with Crippen LogP contribution in [-0.2, 0) is 16.6 Å². The van der Waals surface area contributed by atoms with E-state index in [2.05, 4.69) is 25.8 Å². The second-order valence-electron chi connectivity index (χ2n) is 5.77. The van der Waals surface area contributed by atoms with E-state index in [1.165, 1.54) is 0 Å². The van der Waals surface area contributed by atoms with E-state index in [-0.39, 0.29) is 17.3 Å². The van der Waals surface area contributed by atoms with Gasteiger partial charge in [-0.2, -0.15) is 0 Å². The van der Waals surface area contributed by atoms with Gasteiger partial charge in [-0.3, -0.25) is 4.79 Å². The van der Waals surface area contributed by atoms with Crippen molar-refractivity contribution in [3.8, 4) is 0 Å². The zero-order chi connectivity index (χ0) is 13.2. The summed E-state index contributed by atoms with van der Waals surface area (Å²) < 4.78 is 0. The van der Waals surface area contributed by atoms with Crippen LogP contribution in [0.5, 0.6) is 0 Å². The van der Waals surface area contributed by atoms with Crippen molar-refractivity contribution in [2.24, 2.45) is 11.8 Å². The van der Waals surface area contributed by atoms with Crippen LogP contribution < -0.4 is 0 Å². The standard InChI is InChI=1S/C13H21NO2S/c1-8(2)9(12(15)16)6-11-14-10(7-17-11)13(3,4)5/h7-9H,6H2,1-5H3,(H,15,16). The van der Waals surface area contributed by atoms with Crippen LogP contribution in [0.2, 0.25) is 0 Å². The molecule has 0 aliphatic rings. The number of thiazole rings is 1. The third kappa shape index (κ3) is 3.80. The van der Waals surface area contributed by atoms with Gasteiger partial charge in [0.2, 0.25) is 0 Å². The molecule has 3 nitrogen and oxygen atoms in total. The Hall–Kier alpha value is -0.900. The fourth-order valence-corrected chi connectivity index (χ4v) is 2.63. The lowest BCUT2D eigenvalue weighted by Crippen LogP contribution is -2.22. The van der Waals surface area contributed by atoms with Crippen molar-refractivity contribution in [3.05, 3.63) is 16.1 Å². The summed E-state index contributed by atoms with van der Waals surface area (Å²) in [6.45, 7) is 10.2. The summed E-state index contributed by atoms with van der Waals surface area (Å²) in [6, 6.07) is 0. The Morgan fingerprint density at radius 1 is 1.47 bits per heavy atom. The first kappa shape index (κ1) is 14.2. The third-order valence-electron chi connectivity index (χ3n) is 2.84. The van der Waals surface area contributed by atoms with E-state index in [4.69, 9.17) is 5.11 Å². The molecule has 1 rings (SSSR count). The lowest BCUT2D eigenvalue weighted by Gasteiger charge is -2.15. The predicted octanol–water partition coefficient (Wildman–Crippen LogP) is 3.34. The van der Waals surface area contributed by atoms with E-state index >= 15 is 0 Å². The Balaban J connectivity index is 2.81. The summed E-state index contributed by atoms with van der Waals surface area (Å²) in [7, 11) is 0. The second-order valence-corrected chi connectivity index (χ2v) is 6.71. The maximum atomic E-state index is 11.1. The molecule has 0 fully saturated rings. The molecule has 0 saturated carbocycles. The van der Waals surface area contributed by atoms with Gasteiger partial charge in [0.25, 0.3) is 0 Å². The topological polar surface area (TPSA) is 50.2 Å². The molecule has 1 unspecified atom stereocenters. The molecule has 1 atom stereocenters. The fourth-order valence-electron chi connectivity index (χ4n) is 1.55. The molecule has 0 saturated heterocycles. The highest BCUT2D eigenvalue weighted by Crippen LogP contribution is 2.26. The predicted molar refractivity (Wildman–Crippen MR) is 70.5 cm³/mol. The number of rotatable bonds is 4. The maximum Gasteiger partial charge on any atom is 0.307 e. The van der Waals surface area contributed by atoms with Gasteiger partial charge in [0.05, 0.1) is 16.6 Å². The molecular weight excluding hydrogens is 234 g/mol. The monoisotopic (exact) mass is 255 g/mol. The van der Waals surface area contributed by atoms with Crippen LogP contribution >= 0.6 is 11.3 Å². The number of carboxylic acid groups (broad SMARTS) is 1. The summed E-state index contributed by atoms with van der Waals surface area (Å²) >= 11 is 1.57. The van der Waals surface area contributed by atoms with Gasteiger partial charge in [-0.05, 0) is 5.92 Å². The minimum atomic E-state index is -0.729. The smallest absolute Gasteiger partial charge is 0.307 e. The molecule has 1 N–H and O–H groups in total. The average Bonchev–Trinajstić information content (AvgIpc) is 2.60. The minimum Gasteiger partial charge on any atom is -0.481 e. The average molecular weight is 255 g/mol. The molecule has 1 aromatic rings. The molecule has 0 aliphatic carbocycles. The van der Waals surface area contributed by atoms with Crippen molar-refractivity contribution in [3.63, 3.8) is 0 Å². The Morgan fingerprint density at radius 3 is 2.41 bits per heavy atom. The quantitative estimate of drug-likeness (QED) is 0.897. The highest BCUT2D eigenvalue weighted by Gasteiger charge is 2.24. The molecule has 17 heavy (non-hydrogen) atoms. The van der Waals surface area contributed by atoms with Gasteiger partial charge in [-0.15, -0.1) is 11.3 Å². The molecule has 0 radical (unpaired) electrons. The molecule has 96 valence electrons. The number of aromatic nitrogens is 1. The van der Waals surface area contributed by atoms with Crippen molar-refractivity contribution in [1.29, 1.82) is 0 Å². The number of hydrogen-bond acceptors (Lipinski definition) is 3. The van der Waals surface area contributed by atoms with E-state index in [0.717, 1.165) is 10.7 Å². The summed E-state index contributed by atoms with van der Waals surface area (Å²) in [5.41, 5.74) is 1.08. The van der Waals surface area contributed by atoms with Gasteiger partial charge in [0.1, 0.15) is 0 Å². The van der Waals surface area contributed by atoms with E-state index in [0.29, 0.717) is 6.42 Å². The van der Waals surface area contributed by atoms with E-state index < -0.39 is 5.97 Å². The maximum absolute atomic E-state index is 11.1.